The van der Waals surface area contributed by atoms with Gasteiger partial charge in [0.05, 0.1) is 6.54 Å². The Labute approximate surface area is 102 Å². The quantitative estimate of drug-likeness (QED) is 0.871. The summed E-state index contributed by atoms with van der Waals surface area (Å²) < 4.78 is 5.82. The summed E-state index contributed by atoms with van der Waals surface area (Å²) in [6.45, 7) is 2.99. The summed E-state index contributed by atoms with van der Waals surface area (Å²) in [7, 11) is 0. The largest absolute Gasteiger partial charge is 0.423 e. The molecule has 3 rings (SSSR count). The summed E-state index contributed by atoms with van der Waals surface area (Å²) >= 11 is 0. The van der Waals surface area contributed by atoms with Crippen molar-refractivity contribution >= 4 is 0 Å². The molecule has 94 valence electrons. The molecule has 1 aromatic heterocycles. The van der Waals surface area contributed by atoms with E-state index in [-0.39, 0.29) is 5.41 Å². The van der Waals surface area contributed by atoms with Gasteiger partial charge in [0, 0.05) is 11.5 Å². The Morgan fingerprint density at radius 1 is 1.24 bits per heavy atom. The van der Waals surface area contributed by atoms with Crippen molar-refractivity contribution < 1.29 is 4.42 Å². The molecule has 0 unspecified atom stereocenters. The molecule has 0 amide bonds. The second kappa shape index (κ2) is 4.41. The van der Waals surface area contributed by atoms with E-state index in [1.807, 2.05) is 0 Å². The molecule has 2 aliphatic carbocycles. The number of hydrogen-bond acceptors (Lipinski definition) is 4. The molecule has 1 heterocycles. The van der Waals surface area contributed by atoms with E-state index < -0.39 is 0 Å². The van der Waals surface area contributed by atoms with Crippen molar-refractivity contribution in [2.24, 2.45) is 0 Å². The summed E-state index contributed by atoms with van der Waals surface area (Å²) in [6, 6.07) is 0.690. The highest BCUT2D eigenvalue weighted by atomic mass is 16.4. The van der Waals surface area contributed by atoms with Crippen molar-refractivity contribution in [3.8, 4) is 0 Å². The van der Waals surface area contributed by atoms with Gasteiger partial charge in [-0.1, -0.05) is 26.2 Å². The zero-order valence-corrected chi connectivity index (χ0v) is 10.5. The van der Waals surface area contributed by atoms with Gasteiger partial charge in [-0.05, 0) is 25.7 Å². The molecule has 0 saturated heterocycles. The van der Waals surface area contributed by atoms with E-state index in [4.69, 9.17) is 4.42 Å². The Kier molecular flexibility index (Phi) is 2.90. The first kappa shape index (κ1) is 11.2. The maximum atomic E-state index is 5.82. The van der Waals surface area contributed by atoms with Crippen LogP contribution in [-0.2, 0) is 12.0 Å². The van der Waals surface area contributed by atoms with Crippen LogP contribution in [0, 0.1) is 0 Å². The van der Waals surface area contributed by atoms with E-state index in [0.717, 1.165) is 18.3 Å². The molecular weight excluding hydrogens is 214 g/mol. The lowest BCUT2D eigenvalue weighted by Crippen LogP contribution is -2.25. The first-order valence-electron chi connectivity index (χ1n) is 6.82. The van der Waals surface area contributed by atoms with Crippen LogP contribution in [0.2, 0.25) is 0 Å². The molecule has 1 N–H and O–H groups in total. The third-order valence-corrected chi connectivity index (χ3v) is 4.06. The number of nitrogens with one attached hydrogen (secondary N) is 1. The van der Waals surface area contributed by atoms with Crippen molar-refractivity contribution in [2.45, 2.75) is 69.9 Å². The minimum Gasteiger partial charge on any atom is -0.423 e. The highest BCUT2D eigenvalue weighted by Crippen LogP contribution is 2.38. The first-order valence-corrected chi connectivity index (χ1v) is 6.82. The molecule has 1 aromatic rings. The monoisotopic (exact) mass is 235 g/mol. The highest BCUT2D eigenvalue weighted by molar-refractivity contribution is 5.03. The Hall–Kier alpha value is -0.900. The number of nitrogens with zero attached hydrogens (tertiary/aromatic N) is 2. The zero-order valence-electron chi connectivity index (χ0n) is 10.5. The predicted octanol–water partition coefficient (Wildman–Crippen LogP) is 2.54. The summed E-state index contributed by atoms with van der Waals surface area (Å²) in [5.41, 5.74) is 0.128. The second-order valence-corrected chi connectivity index (χ2v) is 5.78. The van der Waals surface area contributed by atoms with Crippen LogP contribution < -0.4 is 5.32 Å². The minimum absolute atomic E-state index is 0.128. The highest BCUT2D eigenvalue weighted by Gasteiger charge is 2.34. The predicted molar refractivity (Wildman–Crippen MR) is 64.6 cm³/mol. The smallest absolute Gasteiger partial charge is 0.230 e. The van der Waals surface area contributed by atoms with Crippen molar-refractivity contribution in [2.75, 3.05) is 0 Å². The van der Waals surface area contributed by atoms with Gasteiger partial charge in [-0.15, -0.1) is 10.2 Å². The molecule has 0 spiro atoms. The normalized spacial score (nSPS) is 23.8. The average Bonchev–Trinajstić information content (AvgIpc) is 3.04. The molecule has 0 atom stereocenters. The molecule has 4 heteroatoms. The molecule has 2 fully saturated rings. The molecule has 0 aliphatic heterocycles. The van der Waals surface area contributed by atoms with Crippen LogP contribution in [0.4, 0.5) is 0 Å². The molecule has 0 bridgehead atoms. The molecule has 17 heavy (non-hydrogen) atoms. The van der Waals surface area contributed by atoms with Crippen LogP contribution in [-0.4, -0.2) is 16.2 Å². The Bertz CT molecular complexity index is 378. The van der Waals surface area contributed by atoms with Gasteiger partial charge in [0.1, 0.15) is 0 Å². The van der Waals surface area contributed by atoms with E-state index in [9.17, 15) is 0 Å². The third kappa shape index (κ3) is 2.51. The molecular formula is C13H21N3O. The maximum Gasteiger partial charge on any atom is 0.230 e. The topological polar surface area (TPSA) is 51.0 Å². The molecule has 2 saturated carbocycles. The average molecular weight is 235 g/mol. The fourth-order valence-corrected chi connectivity index (χ4v) is 2.63. The van der Waals surface area contributed by atoms with Crippen LogP contribution in [0.1, 0.15) is 63.7 Å². The standard InChI is InChI=1S/C13H21N3O/c1-13(7-3-2-4-8-13)12-16-15-11(17-12)9-14-10-5-6-10/h10,14H,2-9H2,1H3. The minimum atomic E-state index is 0.128. The SMILES string of the molecule is CC1(c2nnc(CNC3CC3)o2)CCCCC1. The lowest BCUT2D eigenvalue weighted by molar-refractivity contribution is 0.250. The van der Waals surface area contributed by atoms with Gasteiger partial charge in [-0.3, -0.25) is 0 Å². The van der Waals surface area contributed by atoms with Crippen LogP contribution in [0.5, 0.6) is 0 Å². The van der Waals surface area contributed by atoms with Gasteiger partial charge in [0.25, 0.3) is 0 Å². The van der Waals surface area contributed by atoms with Crippen molar-refractivity contribution in [3.05, 3.63) is 11.8 Å². The van der Waals surface area contributed by atoms with E-state index in [1.54, 1.807) is 0 Å². The van der Waals surface area contributed by atoms with E-state index in [0.29, 0.717) is 6.04 Å². The van der Waals surface area contributed by atoms with Crippen LogP contribution in [0.15, 0.2) is 4.42 Å². The summed E-state index contributed by atoms with van der Waals surface area (Å²) in [6.07, 6.45) is 8.87. The van der Waals surface area contributed by atoms with E-state index >= 15 is 0 Å². The van der Waals surface area contributed by atoms with Gasteiger partial charge in [-0.2, -0.15) is 0 Å². The third-order valence-electron chi connectivity index (χ3n) is 4.06. The van der Waals surface area contributed by atoms with E-state index in [2.05, 4.69) is 22.4 Å². The van der Waals surface area contributed by atoms with Crippen LogP contribution >= 0.6 is 0 Å². The molecule has 2 aliphatic rings. The van der Waals surface area contributed by atoms with Crippen molar-refractivity contribution in [1.82, 2.24) is 15.5 Å². The van der Waals surface area contributed by atoms with Crippen LogP contribution in [0.3, 0.4) is 0 Å². The Morgan fingerprint density at radius 2 is 2.00 bits per heavy atom. The van der Waals surface area contributed by atoms with Gasteiger partial charge in [0.15, 0.2) is 0 Å². The number of aromatic nitrogens is 2. The summed E-state index contributed by atoms with van der Waals surface area (Å²) in [5, 5.41) is 11.8. The molecule has 0 aromatic carbocycles. The van der Waals surface area contributed by atoms with Gasteiger partial charge >= 0.3 is 0 Å². The Balaban J connectivity index is 1.65. The molecule has 0 radical (unpaired) electrons. The fraction of sp³-hybridized carbons (Fsp3) is 0.846. The molecule has 4 nitrogen and oxygen atoms in total. The number of hydrogen-bond donors (Lipinski definition) is 1. The van der Waals surface area contributed by atoms with Crippen molar-refractivity contribution in [1.29, 1.82) is 0 Å². The first-order chi connectivity index (χ1) is 8.26. The van der Waals surface area contributed by atoms with Crippen molar-refractivity contribution in [3.63, 3.8) is 0 Å². The van der Waals surface area contributed by atoms with Gasteiger partial charge in [0.2, 0.25) is 11.8 Å². The fourth-order valence-electron chi connectivity index (χ4n) is 2.63. The summed E-state index contributed by atoms with van der Waals surface area (Å²) in [4.78, 5) is 0. The second-order valence-electron chi connectivity index (χ2n) is 5.78. The summed E-state index contributed by atoms with van der Waals surface area (Å²) in [5.74, 6) is 1.60. The van der Waals surface area contributed by atoms with Gasteiger partial charge < -0.3 is 9.73 Å². The van der Waals surface area contributed by atoms with E-state index in [1.165, 1.54) is 44.9 Å². The lowest BCUT2D eigenvalue weighted by Gasteiger charge is -2.29. The maximum absolute atomic E-state index is 5.82. The lowest BCUT2D eigenvalue weighted by atomic mass is 9.76. The zero-order chi connectivity index (χ0) is 11.7. The Morgan fingerprint density at radius 3 is 2.71 bits per heavy atom. The van der Waals surface area contributed by atoms with Crippen LogP contribution in [0.25, 0.3) is 0 Å². The van der Waals surface area contributed by atoms with Gasteiger partial charge in [-0.25, -0.2) is 0 Å². The number of rotatable bonds is 4.